The number of ether oxygens (including phenoxy) is 2. The van der Waals surface area contributed by atoms with Gasteiger partial charge >= 0.3 is 5.97 Å². The number of nitrogens with one attached hydrogen (secondary N) is 1. The van der Waals surface area contributed by atoms with Crippen LogP contribution in [0.4, 0.5) is 0 Å². The van der Waals surface area contributed by atoms with E-state index in [1.54, 1.807) is 0 Å². The van der Waals surface area contributed by atoms with Gasteiger partial charge in [0, 0.05) is 18.1 Å². The van der Waals surface area contributed by atoms with E-state index in [0.717, 1.165) is 32.7 Å². The lowest BCUT2D eigenvalue weighted by atomic mass is 9.90. The monoisotopic (exact) mass is 300 g/mol. The summed E-state index contributed by atoms with van der Waals surface area (Å²) in [5.74, 6) is -0.162. The van der Waals surface area contributed by atoms with Gasteiger partial charge < -0.3 is 14.8 Å². The predicted octanol–water partition coefficient (Wildman–Crippen LogP) is 1.81. The van der Waals surface area contributed by atoms with Crippen molar-refractivity contribution in [1.29, 1.82) is 0 Å². The van der Waals surface area contributed by atoms with Gasteiger partial charge in [0.25, 0.3) is 0 Å². The van der Waals surface area contributed by atoms with E-state index >= 15 is 0 Å². The number of carbonyl (C=O) groups is 1. The van der Waals surface area contributed by atoms with Gasteiger partial charge in [-0.05, 0) is 47.6 Å². The van der Waals surface area contributed by atoms with Crippen LogP contribution < -0.4 is 5.32 Å². The second-order valence-electron chi connectivity index (χ2n) is 6.69. The highest BCUT2D eigenvalue weighted by Gasteiger charge is 2.40. The van der Waals surface area contributed by atoms with Crippen molar-refractivity contribution in [3.63, 3.8) is 0 Å². The number of rotatable bonds is 7. The first-order chi connectivity index (χ1) is 9.77. The third kappa shape index (κ3) is 4.66. The number of nitrogens with zero attached hydrogens (tertiary/aromatic N) is 1. The average molecular weight is 300 g/mol. The molecule has 2 unspecified atom stereocenters. The summed E-state index contributed by atoms with van der Waals surface area (Å²) in [6.45, 7) is 15.9. The minimum atomic E-state index is -0.640. The summed E-state index contributed by atoms with van der Waals surface area (Å²) in [5, 5.41) is 3.31. The van der Waals surface area contributed by atoms with Crippen molar-refractivity contribution in [3.05, 3.63) is 0 Å². The van der Waals surface area contributed by atoms with E-state index in [1.165, 1.54) is 0 Å². The highest BCUT2D eigenvalue weighted by Crippen LogP contribution is 2.26. The van der Waals surface area contributed by atoms with Crippen LogP contribution in [0.2, 0.25) is 0 Å². The van der Waals surface area contributed by atoms with Crippen LogP contribution in [0, 0.1) is 0 Å². The molecule has 1 fully saturated rings. The van der Waals surface area contributed by atoms with Crippen molar-refractivity contribution in [3.8, 4) is 0 Å². The van der Waals surface area contributed by atoms with Gasteiger partial charge in [0.15, 0.2) is 0 Å². The molecule has 0 spiro atoms. The molecular weight excluding hydrogens is 268 g/mol. The fourth-order valence-corrected chi connectivity index (χ4v) is 3.30. The van der Waals surface area contributed by atoms with Crippen LogP contribution in [0.3, 0.4) is 0 Å². The van der Waals surface area contributed by atoms with E-state index in [-0.39, 0.29) is 17.6 Å². The van der Waals surface area contributed by atoms with Crippen LogP contribution in [0.5, 0.6) is 0 Å². The molecule has 0 aromatic carbocycles. The molecule has 21 heavy (non-hydrogen) atoms. The Hall–Kier alpha value is -0.650. The zero-order chi connectivity index (χ0) is 16.1. The standard InChI is InChI=1S/C16H32N2O3/c1-7-17-16(6,14(19)21-8-2)11-13(3)18-9-10-20-12-15(18,4)5/h13,17H,7-12H2,1-6H3. The number of carbonyl (C=O) groups excluding carboxylic acids is 1. The second-order valence-corrected chi connectivity index (χ2v) is 6.69. The van der Waals surface area contributed by atoms with Crippen LogP contribution in [0.15, 0.2) is 0 Å². The first kappa shape index (κ1) is 18.4. The highest BCUT2D eigenvalue weighted by atomic mass is 16.5. The average Bonchev–Trinajstić information content (AvgIpc) is 2.38. The van der Waals surface area contributed by atoms with Crippen LogP contribution in [-0.4, -0.2) is 60.9 Å². The first-order valence-corrected chi connectivity index (χ1v) is 8.03. The Balaban J connectivity index is 2.80. The van der Waals surface area contributed by atoms with Gasteiger partial charge in [-0.15, -0.1) is 0 Å². The summed E-state index contributed by atoms with van der Waals surface area (Å²) in [7, 11) is 0. The smallest absolute Gasteiger partial charge is 0.326 e. The van der Waals surface area contributed by atoms with E-state index < -0.39 is 5.54 Å². The zero-order valence-corrected chi connectivity index (χ0v) is 14.5. The zero-order valence-electron chi connectivity index (χ0n) is 14.5. The maximum Gasteiger partial charge on any atom is 0.326 e. The van der Waals surface area contributed by atoms with Gasteiger partial charge in [0.2, 0.25) is 0 Å². The predicted molar refractivity (Wildman–Crippen MR) is 84.4 cm³/mol. The number of esters is 1. The molecule has 1 N–H and O–H groups in total. The molecule has 2 atom stereocenters. The summed E-state index contributed by atoms with van der Waals surface area (Å²) in [6, 6.07) is 0.275. The Labute approximate surface area is 129 Å². The molecular formula is C16H32N2O3. The Morgan fingerprint density at radius 3 is 2.67 bits per heavy atom. The first-order valence-electron chi connectivity index (χ1n) is 8.03. The van der Waals surface area contributed by atoms with Crippen molar-refractivity contribution < 1.29 is 14.3 Å². The van der Waals surface area contributed by atoms with Crippen LogP contribution in [-0.2, 0) is 14.3 Å². The number of morpholine rings is 1. The van der Waals surface area contributed by atoms with E-state index in [4.69, 9.17) is 9.47 Å². The molecule has 0 amide bonds. The highest BCUT2D eigenvalue weighted by molar-refractivity contribution is 5.80. The third-order valence-electron chi connectivity index (χ3n) is 4.24. The summed E-state index contributed by atoms with van der Waals surface area (Å²) in [5.41, 5.74) is -0.641. The Morgan fingerprint density at radius 2 is 2.14 bits per heavy atom. The molecule has 0 aliphatic carbocycles. The molecule has 0 aromatic heterocycles. The number of likely N-dealkylation sites (N-methyl/N-ethyl adjacent to an activating group) is 1. The molecule has 5 heteroatoms. The molecule has 1 aliphatic rings. The van der Waals surface area contributed by atoms with Gasteiger partial charge in [-0.2, -0.15) is 0 Å². The van der Waals surface area contributed by atoms with E-state index in [9.17, 15) is 4.79 Å². The quantitative estimate of drug-likeness (QED) is 0.727. The van der Waals surface area contributed by atoms with Crippen LogP contribution in [0.25, 0.3) is 0 Å². The summed E-state index contributed by atoms with van der Waals surface area (Å²) in [6.07, 6.45) is 0.725. The third-order valence-corrected chi connectivity index (χ3v) is 4.24. The largest absolute Gasteiger partial charge is 0.465 e. The number of hydrogen-bond donors (Lipinski definition) is 1. The summed E-state index contributed by atoms with van der Waals surface area (Å²) >= 11 is 0. The fourth-order valence-electron chi connectivity index (χ4n) is 3.30. The lowest BCUT2D eigenvalue weighted by Gasteiger charge is -2.47. The minimum absolute atomic E-state index is 0.000543. The maximum absolute atomic E-state index is 12.3. The van der Waals surface area contributed by atoms with Crippen molar-refractivity contribution in [2.75, 3.05) is 32.9 Å². The Kier molecular flexibility index (Phi) is 6.63. The maximum atomic E-state index is 12.3. The molecule has 124 valence electrons. The molecule has 0 radical (unpaired) electrons. The van der Waals surface area contributed by atoms with E-state index in [0.29, 0.717) is 6.61 Å². The normalized spacial score (nSPS) is 23.3. The SMILES string of the molecule is CCNC(C)(CC(C)N1CCOCC1(C)C)C(=O)OCC. The van der Waals surface area contributed by atoms with Gasteiger partial charge in [0.05, 0.1) is 19.8 Å². The molecule has 1 heterocycles. The molecule has 0 saturated carbocycles. The van der Waals surface area contributed by atoms with Crippen molar-refractivity contribution in [2.24, 2.45) is 0 Å². The lowest BCUT2D eigenvalue weighted by Crippen LogP contribution is -2.60. The second kappa shape index (κ2) is 7.56. The summed E-state index contributed by atoms with van der Waals surface area (Å²) in [4.78, 5) is 14.7. The van der Waals surface area contributed by atoms with Crippen LogP contribution >= 0.6 is 0 Å². The molecule has 0 bridgehead atoms. The van der Waals surface area contributed by atoms with E-state index in [2.05, 4.69) is 31.0 Å². The molecule has 5 nitrogen and oxygen atoms in total. The Morgan fingerprint density at radius 1 is 1.48 bits per heavy atom. The van der Waals surface area contributed by atoms with Crippen molar-refractivity contribution >= 4 is 5.97 Å². The minimum Gasteiger partial charge on any atom is -0.465 e. The van der Waals surface area contributed by atoms with Gasteiger partial charge in [-0.25, -0.2) is 0 Å². The van der Waals surface area contributed by atoms with E-state index in [1.807, 2.05) is 20.8 Å². The van der Waals surface area contributed by atoms with Gasteiger partial charge in [-0.1, -0.05) is 6.92 Å². The molecule has 1 rings (SSSR count). The topological polar surface area (TPSA) is 50.8 Å². The molecule has 0 aromatic rings. The number of hydrogen-bond acceptors (Lipinski definition) is 5. The van der Waals surface area contributed by atoms with Gasteiger partial charge in [-0.3, -0.25) is 9.69 Å². The molecule has 1 saturated heterocycles. The van der Waals surface area contributed by atoms with Crippen molar-refractivity contribution in [2.45, 2.75) is 65.1 Å². The van der Waals surface area contributed by atoms with Crippen LogP contribution in [0.1, 0.15) is 48.0 Å². The summed E-state index contributed by atoms with van der Waals surface area (Å²) < 4.78 is 10.8. The lowest BCUT2D eigenvalue weighted by molar-refractivity contribution is -0.152. The van der Waals surface area contributed by atoms with Crippen molar-refractivity contribution in [1.82, 2.24) is 10.2 Å². The Bertz CT molecular complexity index is 346. The molecule has 1 aliphatic heterocycles. The van der Waals surface area contributed by atoms with Gasteiger partial charge in [0.1, 0.15) is 5.54 Å². The fraction of sp³-hybridized carbons (Fsp3) is 0.938.